The SMILES string of the molecule is [2H]C(=O)[C@H](CCCNC(N)=O)CC(=O)[C@@H](NC(=O)CCOCCN1C(=O)CC(C)C1=O)C(C)C. The number of amides is 5. The lowest BCUT2D eigenvalue weighted by Crippen LogP contribution is -2.45. The average Bonchev–Trinajstić information content (AvgIpc) is 2.98. The van der Waals surface area contributed by atoms with E-state index >= 15 is 0 Å². The number of urea groups is 1. The van der Waals surface area contributed by atoms with Crippen LogP contribution in [0.4, 0.5) is 4.79 Å². The Bertz CT molecular complexity index is 774. The molecule has 0 spiro atoms. The van der Waals surface area contributed by atoms with Gasteiger partial charge in [-0.15, -0.1) is 0 Å². The summed E-state index contributed by atoms with van der Waals surface area (Å²) in [6.07, 6.45) is -0.262. The number of carbonyl (C=O) groups excluding carboxylic acids is 6. The number of carbonyl (C=O) groups is 6. The number of rotatable bonds is 16. The van der Waals surface area contributed by atoms with Crippen LogP contribution in [0.3, 0.4) is 0 Å². The lowest BCUT2D eigenvalue weighted by Gasteiger charge is -2.22. The molecule has 3 atom stereocenters. The molecule has 11 nitrogen and oxygen atoms in total. The Balaban J connectivity index is 2.44. The van der Waals surface area contributed by atoms with Gasteiger partial charge in [-0.25, -0.2) is 4.79 Å². The quantitative estimate of drug-likeness (QED) is 0.164. The number of likely N-dealkylation sites (tertiary alicyclic amines) is 1. The molecule has 0 aromatic rings. The highest BCUT2D eigenvalue weighted by Gasteiger charge is 2.35. The van der Waals surface area contributed by atoms with Crippen LogP contribution < -0.4 is 16.4 Å². The molecule has 0 saturated carbocycles. The number of ether oxygens (including phenoxy) is 1. The number of ketones is 1. The molecule has 5 amide bonds. The van der Waals surface area contributed by atoms with E-state index in [4.69, 9.17) is 11.8 Å². The van der Waals surface area contributed by atoms with Gasteiger partial charge in [0.15, 0.2) is 5.78 Å². The Morgan fingerprint density at radius 1 is 1.30 bits per heavy atom. The Labute approximate surface area is 195 Å². The lowest BCUT2D eigenvalue weighted by molar-refractivity contribution is -0.140. The molecule has 33 heavy (non-hydrogen) atoms. The Morgan fingerprint density at radius 2 is 2.00 bits per heavy atom. The van der Waals surface area contributed by atoms with Gasteiger partial charge in [0.1, 0.15) is 7.63 Å². The van der Waals surface area contributed by atoms with Gasteiger partial charge in [0, 0.05) is 37.6 Å². The van der Waals surface area contributed by atoms with E-state index in [0.29, 0.717) is 6.42 Å². The minimum atomic E-state index is -0.876. The minimum absolute atomic E-state index is 0.0195. The van der Waals surface area contributed by atoms with E-state index in [1.165, 1.54) is 0 Å². The molecule has 1 rings (SSSR count). The van der Waals surface area contributed by atoms with Gasteiger partial charge in [-0.3, -0.25) is 24.1 Å². The molecule has 1 unspecified atom stereocenters. The molecule has 1 aliphatic heterocycles. The molecule has 0 aliphatic carbocycles. The van der Waals surface area contributed by atoms with Crippen LogP contribution in [-0.2, 0) is 28.7 Å². The van der Waals surface area contributed by atoms with Crippen LogP contribution in [0.5, 0.6) is 0 Å². The van der Waals surface area contributed by atoms with Crippen molar-refractivity contribution in [3.05, 3.63) is 0 Å². The van der Waals surface area contributed by atoms with Crippen LogP contribution in [0, 0.1) is 17.8 Å². The van der Waals surface area contributed by atoms with Crippen molar-refractivity contribution in [2.24, 2.45) is 23.5 Å². The lowest BCUT2D eigenvalue weighted by atomic mass is 9.91. The molecule has 0 aromatic heterocycles. The summed E-state index contributed by atoms with van der Waals surface area (Å²) < 4.78 is 12.8. The van der Waals surface area contributed by atoms with Crippen molar-refractivity contribution in [3.8, 4) is 0 Å². The summed E-state index contributed by atoms with van der Waals surface area (Å²) in [7, 11) is 0. The van der Waals surface area contributed by atoms with Gasteiger partial charge < -0.3 is 25.9 Å². The molecule has 0 radical (unpaired) electrons. The summed E-state index contributed by atoms with van der Waals surface area (Å²) in [6, 6.07) is -1.51. The number of imide groups is 1. The van der Waals surface area contributed by atoms with Gasteiger partial charge in [0.2, 0.25) is 17.7 Å². The largest absolute Gasteiger partial charge is 0.379 e. The maximum absolute atomic E-state index is 12.7. The standard InChI is InChI=1S/C22H36N4O7/c1-14(2)20(17(28)12-16(13-27)5-4-7-24-22(23)32)25-18(29)6-9-33-10-8-26-19(30)11-15(3)21(26)31/h13-16,20H,4-12H2,1-3H3,(H,25,29)(H3,23,24,32)/t15?,16-,20+/m1/s1/i13D. The van der Waals surface area contributed by atoms with Crippen molar-refractivity contribution in [1.29, 1.82) is 0 Å². The molecule has 4 N–H and O–H groups in total. The Morgan fingerprint density at radius 3 is 2.55 bits per heavy atom. The molecule has 1 fully saturated rings. The first-order valence-corrected chi connectivity index (χ1v) is 11.2. The molecule has 186 valence electrons. The maximum atomic E-state index is 12.7. The van der Waals surface area contributed by atoms with Crippen LogP contribution in [0.25, 0.3) is 0 Å². The molecule has 11 heteroatoms. The number of hydrogen-bond donors (Lipinski definition) is 3. The second-order valence-electron chi connectivity index (χ2n) is 8.56. The minimum Gasteiger partial charge on any atom is -0.379 e. The Kier molecular flexibility index (Phi) is 11.5. The average molecular weight is 470 g/mol. The van der Waals surface area contributed by atoms with Crippen LogP contribution in [-0.4, -0.2) is 73.0 Å². The number of primary amides is 1. The summed E-state index contributed by atoms with van der Waals surface area (Å²) in [4.78, 5) is 72.1. The molecule has 1 saturated heterocycles. The number of Topliss-reactive ketones (excluding diaryl/α,β-unsaturated/α-hetero) is 1. The summed E-state index contributed by atoms with van der Waals surface area (Å²) in [5.74, 6) is -2.59. The van der Waals surface area contributed by atoms with Crippen molar-refractivity contribution in [2.75, 3.05) is 26.3 Å². The summed E-state index contributed by atoms with van der Waals surface area (Å²) in [5, 5.41) is 5.05. The third kappa shape index (κ3) is 10.1. The maximum Gasteiger partial charge on any atom is 0.312 e. The van der Waals surface area contributed by atoms with Crippen LogP contribution in [0.1, 0.15) is 54.2 Å². The highest BCUT2D eigenvalue weighted by Crippen LogP contribution is 2.18. The number of aldehydes is 1. The topological polar surface area (TPSA) is 165 Å². The third-order valence-electron chi connectivity index (χ3n) is 5.38. The monoisotopic (exact) mass is 469 g/mol. The normalized spacial score (nSPS) is 18.1. The molecule has 1 heterocycles. The summed E-state index contributed by atoms with van der Waals surface area (Å²) >= 11 is 0. The third-order valence-corrected chi connectivity index (χ3v) is 5.38. The first-order valence-electron chi connectivity index (χ1n) is 11.7. The van der Waals surface area contributed by atoms with Gasteiger partial charge in [0.25, 0.3) is 0 Å². The Hall–Kier alpha value is -2.82. The zero-order valence-electron chi connectivity index (χ0n) is 20.6. The predicted molar refractivity (Wildman–Crippen MR) is 119 cm³/mol. The molecule has 1 aliphatic rings. The smallest absolute Gasteiger partial charge is 0.312 e. The summed E-state index contributed by atoms with van der Waals surface area (Å²) in [6.45, 7) is 5.75. The fourth-order valence-corrected chi connectivity index (χ4v) is 3.50. The highest BCUT2D eigenvalue weighted by atomic mass is 16.5. The van der Waals surface area contributed by atoms with E-state index in [9.17, 15) is 28.8 Å². The van der Waals surface area contributed by atoms with Gasteiger partial charge in [0.05, 0.1) is 25.8 Å². The highest BCUT2D eigenvalue weighted by molar-refractivity contribution is 6.03. The molecular weight excluding hydrogens is 432 g/mol. The van der Waals surface area contributed by atoms with Crippen molar-refractivity contribution < 1.29 is 34.9 Å². The van der Waals surface area contributed by atoms with Crippen molar-refractivity contribution in [1.82, 2.24) is 15.5 Å². The second-order valence-corrected chi connectivity index (χ2v) is 8.56. The van der Waals surface area contributed by atoms with E-state index in [-0.39, 0.29) is 81.4 Å². The van der Waals surface area contributed by atoms with E-state index in [2.05, 4.69) is 10.6 Å². The zero-order chi connectivity index (χ0) is 25.8. The molecule has 0 bridgehead atoms. The van der Waals surface area contributed by atoms with Crippen LogP contribution in [0.2, 0.25) is 0 Å². The van der Waals surface area contributed by atoms with Gasteiger partial charge in [-0.05, 0) is 18.8 Å². The zero-order valence-corrected chi connectivity index (χ0v) is 19.6. The molecule has 0 aromatic carbocycles. The number of nitrogens with one attached hydrogen (secondary N) is 2. The fraction of sp³-hybridized carbons (Fsp3) is 0.727. The van der Waals surface area contributed by atoms with Gasteiger partial charge in [-0.2, -0.15) is 0 Å². The van der Waals surface area contributed by atoms with Crippen LogP contribution >= 0.6 is 0 Å². The van der Waals surface area contributed by atoms with E-state index < -0.39 is 30.2 Å². The van der Waals surface area contributed by atoms with Crippen LogP contribution in [0.15, 0.2) is 0 Å². The predicted octanol–water partition coefficient (Wildman–Crippen LogP) is 0.152. The fourth-order valence-electron chi connectivity index (χ4n) is 3.50. The van der Waals surface area contributed by atoms with E-state index in [1.807, 2.05) is 0 Å². The van der Waals surface area contributed by atoms with Crippen molar-refractivity contribution in [2.45, 2.75) is 58.9 Å². The van der Waals surface area contributed by atoms with Crippen molar-refractivity contribution in [3.63, 3.8) is 0 Å². The second kappa shape index (κ2) is 14.4. The molecular formula is C22H36N4O7. The number of hydrogen-bond acceptors (Lipinski definition) is 7. The first kappa shape index (κ1) is 26.4. The number of nitrogens with two attached hydrogens (primary N) is 1. The van der Waals surface area contributed by atoms with Gasteiger partial charge in [-0.1, -0.05) is 20.8 Å². The van der Waals surface area contributed by atoms with Gasteiger partial charge >= 0.3 is 6.03 Å². The van der Waals surface area contributed by atoms with E-state index in [0.717, 1.165) is 4.90 Å². The number of nitrogens with zero attached hydrogens (tertiary/aromatic N) is 1. The van der Waals surface area contributed by atoms with Crippen molar-refractivity contribution >= 4 is 35.8 Å². The summed E-state index contributed by atoms with van der Waals surface area (Å²) in [5.41, 5.74) is 4.98. The first-order chi connectivity index (χ1) is 15.9. The van der Waals surface area contributed by atoms with E-state index in [1.54, 1.807) is 20.8 Å².